The van der Waals surface area contributed by atoms with E-state index in [4.69, 9.17) is 0 Å². The summed E-state index contributed by atoms with van der Waals surface area (Å²) in [6, 6.07) is 11.5. The molecule has 2 aliphatic heterocycles. The molecule has 0 radical (unpaired) electrons. The average molecular weight is 532 g/mol. The fraction of sp³-hybridized carbons (Fsp3) is 0.379. The Morgan fingerprint density at radius 3 is 2.62 bits per heavy atom. The normalized spacial score (nSPS) is 17.8. The highest BCUT2D eigenvalue weighted by atomic mass is 19.3. The Morgan fingerprint density at radius 1 is 0.974 bits per heavy atom. The van der Waals surface area contributed by atoms with Gasteiger partial charge < -0.3 is 10.2 Å². The molecule has 202 valence electrons. The molecule has 0 aliphatic carbocycles. The van der Waals surface area contributed by atoms with E-state index in [2.05, 4.69) is 30.4 Å². The van der Waals surface area contributed by atoms with Crippen LogP contribution >= 0.6 is 0 Å². The Hall–Kier alpha value is -3.92. The Kier molecular flexibility index (Phi) is 6.95. The van der Waals surface area contributed by atoms with Gasteiger partial charge in [-0.15, -0.1) is 0 Å². The fourth-order valence-corrected chi connectivity index (χ4v) is 5.38. The second kappa shape index (κ2) is 10.7. The summed E-state index contributed by atoms with van der Waals surface area (Å²) in [4.78, 5) is 26.4. The molecule has 2 aliphatic rings. The average Bonchev–Trinajstić information content (AvgIpc) is 3.39. The van der Waals surface area contributed by atoms with E-state index in [1.165, 1.54) is 6.42 Å². The van der Waals surface area contributed by atoms with Gasteiger partial charge in [0.25, 0.3) is 11.8 Å². The third-order valence-corrected chi connectivity index (χ3v) is 7.58. The molecule has 0 saturated carbocycles. The number of carbonyl (C=O) groups is 1. The minimum absolute atomic E-state index is 0.110. The van der Waals surface area contributed by atoms with Crippen LogP contribution in [0.25, 0.3) is 22.0 Å². The zero-order valence-electron chi connectivity index (χ0n) is 21.7. The molecule has 10 heteroatoms. The Morgan fingerprint density at radius 2 is 1.79 bits per heavy atom. The van der Waals surface area contributed by atoms with E-state index in [-0.39, 0.29) is 18.7 Å². The fourth-order valence-electron chi connectivity index (χ4n) is 5.38. The number of halogens is 2. The van der Waals surface area contributed by atoms with E-state index in [9.17, 15) is 13.6 Å². The minimum atomic E-state index is -2.56. The first-order valence-corrected chi connectivity index (χ1v) is 13.5. The largest absolute Gasteiger partial charge is 0.357 e. The number of pyridine rings is 2. The number of aromatic amines is 1. The van der Waals surface area contributed by atoms with Crippen LogP contribution in [0.1, 0.15) is 48.2 Å². The number of H-pyrrole nitrogens is 1. The summed E-state index contributed by atoms with van der Waals surface area (Å²) >= 11 is 0. The van der Waals surface area contributed by atoms with Crippen molar-refractivity contribution < 1.29 is 13.6 Å². The van der Waals surface area contributed by atoms with E-state index in [0.29, 0.717) is 36.4 Å². The number of nitrogens with zero attached hydrogens (tertiary/aromatic N) is 5. The van der Waals surface area contributed by atoms with Gasteiger partial charge in [0, 0.05) is 86.9 Å². The van der Waals surface area contributed by atoms with Crippen molar-refractivity contribution in [2.24, 2.45) is 0 Å². The van der Waals surface area contributed by atoms with Crippen LogP contribution in [-0.2, 0) is 6.54 Å². The second-order valence-corrected chi connectivity index (χ2v) is 10.5. The van der Waals surface area contributed by atoms with Gasteiger partial charge in [-0.3, -0.25) is 19.8 Å². The molecule has 3 aromatic heterocycles. The van der Waals surface area contributed by atoms with E-state index >= 15 is 0 Å². The highest BCUT2D eigenvalue weighted by Crippen LogP contribution is 2.30. The second-order valence-electron chi connectivity index (χ2n) is 10.5. The Bertz CT molecular complexity index is 1470. The van der Waals surface area contributed by atoms with Crippen molar-refractivity contribution in [3.63, 3.8) is 0 Å². The number of rotatable bonds is 6. The summed E-state index contributed by atoms with van der Waals surface area (Å²) in [6.45, 7) is 3.26. The van der Waals surface area contributed by atoms with Crippen LogP contribution in [0.15, 0.2) is 55.0 Å². The molecule has 2 saturated heterocycles. The third kappa shape index (κ3) is 5.75. The van der Waals surface area contributed by atoms with Gasteiger partial charge >= 0.3 is 0 Å². The summed E-state index contributed by atoms with van der Waals surface area (Å²) < 4.78 is 27.1. The first-order chi connectivity index (χ1) is 18.9. The van der Waals surface area contributed by atoms with Crippen molar-refractivity contribution in [2.45, 2.75) is 44.6 Å². The number of hydrogen-bond donors (Lipinski definition) is 2. The first-order valence-electron chi connectivity index (χ1n) is 13.5. The topological polar surface area (TPSA) is 90.0 Å². The highest BCUT2D eigenvalue weighted by Gasteiger charge is 2.33. The molecule has 4 aromatic rings. The quantitative estimate of drug-likeness (QED) is 0.342. The van der Waals surface area contributed by atoms with Crippen molar-refractivity contribution >= 4 is 28.3 Å². The van der Waals surface area contributed by atoms with Crippen molar-refractivity contribution in [1.29, 1.82) is 0 Å². The summed E-state index contributed by atoms with van der Waals surface area (Å²) in [7, 11) is 0. The zero-order chi connectivity index (χ0) is 26.8. The lowest BCUT2D eigenvalue weighted by molar-refractivity contribution is -0.0566. The van der Waals surface area contributed by atoms with E-state index < -0.39 is 5.92 Å². The van der Waals surface area contributed by atoms with Gasteiger partial charge in [0.1, 0.15) is 5.82 Å². The molecule has 0 unspecified atom stereocenters. The van der Waals surface area contributed by atoms with E-state index in [0.717, 1.165) is 54.0 Å². The third-order valence-electron chi connectivity index (χ3n) is 7.58. The number of alkyl halides is 2. The predicted octanol–water partition coefficient (Wildman–Crippen LogP) is 5.49. The highest BCUT2D eigenvalue weighted by molar-refractivity contribution is 6.11. The lowest BCUT2D eigenvalue weighted by Crippen LogP contribution is -2.38. The number of aromatic nitrogens is 4. The number of anilines is 2. The van der Waals surface area contributed by atoms with E-state index in [1.54, 1.807) is 24.7 Å². The molecule has 1 amide bonds. The molecule has 6 rings (SSSR count). The summed E-state index contributed by atoms with van der Waals surface area (Å²) in [5.74, 6) is -2.00. The number of fused-ring (bicyclic) bond motifs is 1. The summed E-state index contributed by atoms with van der Waals surface area (Å²) in [5.41, 5.74) is 4.49. The molecule has 1 aromatic carbocycles. The Balaban J connectivity index is 1.19. The van der Waals surface area contributed by atoms with Crippen LogP contribution in [0.4, 0.5) is 20.3 Å². The van der Waals surface area contributed by atoms with Crippen LogP contribution in [0, 0.1) is 0 Å². The van der Waals surface area contributed by atoms with Crippen LogP contribution < -0.4 is 10.2 Å². The summed E-state index contributed by atoms with van der Waals surface area (Å²) in [6.07, 6.45) is 8.58. The van der Waals surface area contributed by atoms with Gasteiger partial charge in [-0.1, -0.05) is 6.07 Å². The van der Waals surface area contributed by atoms with Crippen molar-refractivity contribution in [1.82, 2.24) is 25.1 Å². The first kappa shape index (κ1) is 25.4. The number of benzene rings is 1. The molecule has 0 bridgehead atoms. The summed E-state index contributed by atoms with van der Waals surface area (Å²) in [5, 5.41) is 10.9. The molecule has 2 N–H and O–H groups in total. The predicted molar refractivity (Wildman–Crippen MR) is 147 cm³/mol. The van der Waals surface area contributed by atoms with Gasteiger partial charge in [0.15, 0.2) is 5.69 Å². The molecule has 8 nitrogen and oxygen atoms in total. The maximum absolute atomic E-state index is 13.5. The number of hydrogen-bond acceptors (Lipinski definition) is 6. The van der Waals surface area contributed by atoms with Gasteiger partial charge in [-0.2, -0.15) is 5.10 Å². The number of amides is 1. The molecule has 0 spiro atoms. The molecule has 2 fully saturated rings. The van der Waals surface area contributed by atoms with Crippen LogP contribution in [0.5, 0.6) is 0 Å². The van der Waals surface area contributed by atoms with Crippen LogP contribution in [-0.4, -0.2) is 63.1 Å². The van der Waals surface area contributed by atoms with Crippen molar-refractivity contribution in [2.75, 3.05) is 36.4 Å². The maximum Gasteiger partial charge on any atom is 0.276 e. The lowest BCUT2D eigenvalue weighted by Gasteiger charge is -2.31. The number of carbonyl (C=O) groups excluding carboxylic acids is 1. The smallest absolute Gasteiger partial charge is 0.276 e. The monoisotopic (exact) mass is 531 g/mol. The van der Waals surface area contributed by atoms with Gasteiger partial charge in [-0.05, 0) is 54.7 Å². The SMILES string of the molecule is O=C(Nc1ccnc(N2CCCCC2)c1)c1n[nH]c2ccc(-c3cncc(CN4CCC(F)(F)CC4)c3)cc12. The van der Waals surface area contributed by atoms with Crippen LogP contribution in [0.2, 0.25) is 0 Å². The minimum Gasteiger partial charge on any atom is -0.357 e. The molecular formula is C29H31F2N7O. The maximum atomic E-state index is 13.5. The van der Waals surface area contributed by atoms with Crippen molar-refractivity contribution in [3.05, 3.63) is 66.2 Å². The number of piperidine rings is 2. The van der Waals surface area contributed by atoms with Crippen molar-refractivity contribution in [3.8, 4) is 11.1 Å². The lowest BCUT2D eigenvalue weighted by atomic mass is 10.0. The molecule has 5 heterocycles. The Labute approximate surface area is 225 Å². The number of nitrogens with one attached hydrogen (secondary N) is 2. The molecule has 0 atom stereocenters. The van der Waals surface area contributed by atoms with Gasteiger partial charge in [0.2, 0.25) is 0 Å². The zero-order valence-corrected chi connectivity index (χ0v) is 21.7. The molecular weight excluding hydrogens is 500 g/mol. The van der Waals surface area contributed by atoms with E-state index in [1.807, 2.05) is 35.2 Å². The standard InChI is InChI=1S/C29H31F2N7O/c30-29(31)7-12-37(13-8-29)19-20-14-22(18-32-17-20)21-4-5-25-24(15-21)27(36-35-25)28(39)34-23-6-9-33-26(16-23)38-10-2-1-3-11-38/h4-6,9,14-18H,1-3,7-8,10-13,19H2,(H,35,36)(H,33,34,39). The van der Waals surface area contributed by atoms with Gasteiger partial charge in [0.05, 0.1) is 5.52 Å². The van der Waals surface area contributed by atoms with Crippen LogP contribution in [0.3, 0.4) is 0 Å². The molecule has 39 heavy (non-hydrogen) atoms. The van der Waals surface area contributed by atoms with Gasteiger partial charge in [-0.25, -0.2) is 13.8 Å². The number of likely N-dealkylation sites (tertiary alicyclic amines) is 1.